The third-order valence-corrected chi connectivity index (χ3v) is 2.17. The van der Waals surface area contributed by atoms with Crippen LogP contribution in [0.1, 0.15) is 6.92 Å². The van der Waals surface area contributed by atoms with Crippen LogP contribution in [0.4, 0.5) is 5.69 Å². The number of rotatable bonds is 3. The van der Waals surface area contributed by atoms with E-state index in [1.165, 1.54) is 25.1 Å². The lowest BCUT2D eigenvalue weighted by atomic mass is 10.1. The van der Waals surface area contributed by atoms with E-state index < -0.39 is 10.9 Å². The zero-order valence-corrected chi connectivity index (χ0v) is 9.45. The molecule has 0 saturated heterocycles. The van der Waals surface area contributed by atoms with Gasteiger partial charge in [0, 0.05) is 30.7 Å². The number of hydrogen-bond donors (Lipinski definition) is 0. The van der Waals surface area contributed by atoms with Crippen molar-refractivity contribution < 1.29 is 18.9 Å². The molecule has 0 unspecified atom stereocenters. The first kappa shape index (κ1) is 11.8. The molecule has 0 fully saturated rings. The highest BCUT2D eigenvalue weighted by Crippen LogP contribution is 2.28. The van der Waals surface area contributed by atoms with Crippen LogP contribution in [0.3, 0.4) is 0 Å². The van der Waals surface area contributed by atoms with Crippen LogP contribution in [0.25, 0.3) is 11.3 Å². The zero-order chi connectivity index (χ0) is 13.1. The largest absolute Gasteiger partial charge is 0.425 e. The SMILES string of the molecule is CC(=O)Oc1ccc(-c2cccc([N+](=O)[O-])c2)o1. The molecular weight excluding hydrogens is 238 g/mol. The molecule has 6 heteroatoms. The van der Waals surface area contributed by atoms with Crippen molar-refractivity contribution in [2.24, 2.45) is 0 Å². The molecule has 1 heterocycles. The molecule has 0 spiro atoms. The highest BCUT2D eigenvalue weighted by atomic mass is 16.6. The molecule has 2 rings (SSSR count). The van der Waals surface area contributed by atoms with Gasteiger partial charge < -0.3 is 9.15 Å². The van der Waals surface area contributed by atoms with Crippen molar-refractivity contribution in [2.45, 2.75) is 6.92 Å². The van der Waals surface area contributed by atoms with E-state index in [-0.39, 0.29) is 11.6 Å². The van der Waals surface area contributed by atoms with Gasteiger partial charge in [0.15, 0.2) is 0 Å². The molecule has 0 bridgehead atoms. The van der Waals surface area contributed by atoms with E-state index in [4.69, 9.17) is 9.15 Å². The summed E-state index contributed by atoms with van der Waals surface area (Å²) in [5.41, 5.74) is 0.514. The van der Waals surface area contributed by atoms with E-state index in [1.807, 2.05) is 0 Å². The number of nitrogens with zero attached hydrogens (tertiary/aromatic N) is 1. The fraction of sp³-hybridized carbons (Fsp3) is 0.0833. The fourth-order valence-corrected chi connectivity index (χ4v) is 1.44. The number of ether oxygens (including phenoxy) is 1. The van der Waals surface area contributed by atoms with Gasteiger partial charge in [-0.15, -0.1) is 0 Å². The minimum Gasteiger partial charge on any atom is -0.425 e. The second-order valence-electron chi connectivity index (χ2n) is 3.52. The second kappa shape index (κ2) is 4.70. The Morgan fingerprint density at radius 2 is 2.11 bits per heavy atom. The number of non-ortho nitro benzene ring substituents is 1. The summed E-state index contributed by atoms with van der Waals surface area (Å²) < 4.78 is 10.0. The van der Waals surface area contributed by atoms with E-state index in [0.29, 0.717) is 11.3 Å². The standard InChI is InChI=1S/C12H9NO5/c1-8(14)17-12-6-5-11(18-12)9-3-2-4-10(7-9)13(15)16/h2-7H,1H3. The minimum absolute atomic E-state index is 0.0297. The van der Waals surface area contributed by atoms with Crippen molar-refractivity contribution in [3.8, 4) is 17.3 Å². The lowest BCUT2D eigenvalue weighted by Gasteiger charge is -1.97. The second-order valence-corrected chi connectivity index (χ2v) is 3.52. The summed E-state index contributed by atoms with van der Waals surface area (Å²) in [5, 5.41) is 10.6. The number of esters is 1. The molecule has 18 heavy (non-hydrogen) atoms. The summed E-state index contributed by atoms with van der Waals surface area (Å²) in [6, 6.07) is 9.06. The third-order valence-electron chi connectivity index (χ3n) is 2.17. The van der Waals surface area contributed by atoms with E-state index in [1.54, 1.807) is 18.2 Å². The zero-order valence-electron chi connectivity index (χ0n) is 9.45. The Balaban J connectivity index is 2.31. The number of carbonyl (C=O) groups is 1. The van der Waals surface area contributed by atoms with Crippen LogP contribution < -0.4 is 4.74 Å². The molecule has 0 atom stereocenters. The number of furan rings is 1. The molecule has 0 aliphatic rings. The number of nitro benzene ring substituents is 1. The van der Waals surface area contributed by atoms with Gasteiger partial charge >= 0.3 is 5.97 Å². The number of hydrogen-bond acceptors (Lipinski definition) is 5. The Morgan fingerprint density at radius 1 is 1.33 bits per heavy atom. The molecule has 0 amide bonds. The summed E-state index contributed by atoms with van der Waals surface area (Å²) in [7, 11) is 0. The van der Waals surface area contributed by atoms with Crippen molar-refractivity contribution in [3.63, 3.8) is 0 Å². The van der Waals surface area contributed by atoms with Crippen molar-refractivity contribution in [1.82, 2.24) is 0 Å². The maximum Gasteiger partial charge on any atom is 0.310 e. The molecule has 92 valence electrons. The Hall–Kier alpha value is -2.63. The third kappa shape index (κ3) is 2.54. The van der Waals surface area contributed by atoms with Crippen LogP contribution in [-0.4, -0.2) is 10.9 Å². The summed E-state index contributed by atoms with van der Waals surface area (Å²) in [5.74, 6) is -0.0334. The van der Waals surface area contributed by atoms with Gasteiger partial charge in [0.1, 0.15) is 5.76 Å². The normalized spacial score (nSPS) is 10.1. The summed E-state index contributed by atoms with van der Waals surface area (Å²) >= 11 is 0. The molecule has 0 N–H and O–H groups in total. The van der Waals surface area contributed by atoms with E-state index in [0.717, 1.165) is 0 Å². The lowest BCUT2D eigenvalue weighted by Crippen LogP contribution is -1.99. The van der Waals surface area contributed by atoms with Crippen molar-refractivity contribution in [1.29, 1.82) is 0 Å². The van der Waals surface area contributed by atoms with Gasteiger partial charge in [-0.3, -0.25) is 14.9 Å². The van der Waals surface area contributed by atoms with Crippen LogP contribution in [-0.2, 0) is 4.79 Å². The van der Waals surface area contributed by atoms with E-state index >= 15 is 0 Å². The van der Waals surface area contributed by atoms with Gasteiger partial charge in [-0.1, -0.05) is 12.1 Å². The van der Waals surface area contributed by atoms with Crippen LogP contribution in [0, 0.1) is 10.1 Å². The van der Waals surface area contributed by atoms with Gasteiger partial charge in [0.2, 0.25) is 0 Å². The topological polar surface area (TPSA) is 82.6 Å². The van der Waals surface area contributed by atoms with Gasteiger partial charge in [-0.25, -0.2) is 0 Å². The smallest absolute Gasteiger partial charge is 0.310 e. The molecule has 1 aromatic carbocycles. The Labute approximate surface area is 102 Å². The molecule has 0 aliphatic heterocycles. The van der Waals surface area contributed by atoms with Gasteiger partial charge in [0.05, 0.1) is 4.92 Å². The molecule has 0 saturated carbocycles. The first-order valence-corrected chi connectivity index (χ1v) is 5.09. The van der Waals surface area contributed by atoms with Crippen molar-refractivity contribution in [2.75, 3.05) is 0 Å². The van der Waals surface area contributed by atoms with Gasteiger partial charge in [-0.2, -0.15) is 0 Å². The number of carbonyl (C=O) groups excluding carboxylic acids is 1. The lowest BCUT2D eigenvalue weighted by molar-refractivity contribution is -0.384. The maximum atomic E-state index is 10.7. The molecular formula is C12H9NO5. The Kier molecular flexibility index (Phi) is 3.09. The Morgan fingerprint density at radius 3 is 2.78 bits per heavy atom. The summed E-state index contributed by atoms with van der Waals surface area (Å²) in [4.78, 5) is 20.9. The van der Waals surface area contributed by atoms with Crippen LogP contribution >= 0.6 is 0 Å². The van der Waals surface area contributed by atoms with Crippen LogP contribution in [0.2, 0.25) is 0 Å². The van der Waals surface area contributed by atoms with Crippen LogP contribution in [0.5, 0.6) is 5.95 Å². The summed E-state index contributed by atoms with van der Waals surface area (Å²) in [6.45, 7) is 1.26. The first-order valence-electron chi connectivity index (χ1n) is 5.09. The molecule has 1 aromatic heterocycles. The maximum absolute atomic E-state index is 10.7. The Bertz CT molecular complexity index is 602. The average Bonchev–Trinajstić information content (AvgIpc) is 2.77. The fourth-order valence-electron chi connectivity index (χ4n) is 1.44. The predicted octanol–water partition coefficient (Wildman–Crippen LogP) is 2.78. The predicted molar refractivity (Wildman–Crippen MR) is 62.1 cm³/mol. The monoisotopic (exact) mass is 247 g/mol. The highest BCUT2D eigenvalue weighted by molar-refractivity contribution is 5.69. The van der Waals surface area contributed by atoms with Crippen molar-refractivity contribution >= 4 is 11.7 Å². The van der Waals surface area contributed by atoms with E-state index in [2.05, 4.69) is 0 Å². The van der Waals surface area contributed by atoms with Crippen molar-refractivity contribution in [3.05, 3.63) is 46.5 Å². The van der Waals surface area contributed by atoms with E-state index in [9.17, 15) is 14.9 Å². The summed E-state index contributed by atoms with van der Waals surface area (Å²) in [6.07, 6.45) is 0. The van der Waals surface area contributed by atoms with Crippen LogP contribution in [0.15, 0.2) is 40.8 Å². The number of nitro groups is 1. The molecule has 2 aromatic rings. The number of benzene rings is 1. The first-order chi connectivity index (χ1) is 8.56. The average molecular weight is 247 g/mol. The minimum atomic E-state index is -0.491. The van der Waals surface area contributed by atoms with Gasteiger partial charge in [0.25, 0.3) is 11.6 Å². The molecule has 0 radical (unpaired) electrons. The highest BCUT2D eigenvalue weighted by Gasteiger charge is 2.11. The quantitative estimate of drug-likeness (QED) is 0.473. The molecule has 0 aliphatic carbocycles. The van der Waals surface area contributed by atoms with Gasteiger partial charge in [-0.05, 0) is 6.07 Å². The molecule has 6 nitrogen and oxygen atoms in total.